The Morgan fingerprint density at radius 3 is 2.45 bits per heavy atom. The first-order chi connectivity index (χ1) is 10.6. The Morgan fingerprint density at radius 1 is 1.27 bits per heavy atom. The summed E-state index contributed by atoms with van der Waals surface area (Å²) in [6.45, 7) is 0.355. The van der Waals surface area contributed by atoms with Gasteiger partial charge >= 0.3 is 0 Å². The Morgan fingerprint density at radius 2 is 1.91 bits per heavy atom. The van der Waals surface area contributed by atoms with E-state index < -0.39 is 0 Å². The van der Waals surface area contributed by atoms with E-state index in [-0.39, 0.29) is 36.1 Å². The minimum Gasteiger partial charge on any atom is -0.339 e. The van der Waals surface area contributed by atoms with E-state index in [2.05, 4.69) is 0 Å². The fraction of sp³-hybridized carbons (Fsp3) is 0.438. The van der Waals surface area contributed by atoms with E-state index >= 15 is 0 Å². The third-order valence-corrected chi connectivity index (χ3v) is 5.15. The lowest BCUT2D eigenvalue weighted by Gasteiger charge is -2.20. The third-order valence-electron chi connectivity index (χ3n) is 4.29. The molecule has 1 saturated heterocycles. The van der Waals surface area contributed by atoms with Gasteiger partial charge in [0.05, 0.1) is 18.4 Å². The molecule has 1 aliphatic heterocycles. The summed E-state index contributed by atoms with van der Waals surface area (Å²) in [7, 11) is 1.70. The zero-order valence-electron chi connectivity index (χ0n) is 12.4. The summed E-state index contributed by atoms with van der Waals surface area (Å²) in [4.78, 5) is 40.7. The lowest BCUT2D eigenvalue weighted by Crippen LogP contribution is -2.41. The van der Waals surface area contributed by atoms with E-state index in [4.69, 9.17) is 0 Å². The van der Waals surface area contributed by atoms with Gasteiger partial charge < -0.3 is 4.90 Å². The number of hydrogen-bond donors (Lipinski definition) is 0. The summed E-state index contributed by atoms with van der Waals surface area (Å²) in [5.41, 5.74) is 0. The maximum atomic E-state index is 12.3. The highest BCUT2D eigenvalue weighted by atomic mass is 32.1. The number of thiophene rings is 1. The molecule has 0 bridgehead atoms. The largest absolute Gasteiger partial charge is 0.339 e. The Bertz CT molecular complexity index is 597. The van der Waals surface area contributed by atoms with Crippen molar-refractivity contribution in [2.24, 2.45) is 11.8 Å². The number of allylic oxidation sites excluding steroid dienone is 2. The number of imide groups is 1. The van der Waals surface area contributed by atoms with Crippen LogP contribution in [0.3, 0.4) is 0 Å². The number of amides is 3. The molecule has 1 fully saturated rings. The quantitative estimate of drug-likeness (QED) is 0.627. The van der Waals surface area contributed by atoms with E-state index in [9.17, 15) is 14.4 Å². The molecule has 0 radical (unpaired) electrons. The maximum absolute atomic E-state index is 12.3. The van der Waals surface area contributed by atoms with Gasteiger partial charge in [0, 0.05) is 11.9 Å². The average Bonchev–Trinajstić information content (AvgIpc) is 3.10. The van der Waals surface area contributed by atoms with Crippen LogP contribution in [0.15, 0.2) is 29.7 Å². The molecule has 3 amide bonds. The van der Waals surface area contributed by atoms with Gasteiger partial charge in [-0.2, -0.15) is 0 Å². The standard InChI is InChI=1S/C16H18N2O3S/c1-17(9-11-5-4-8-22-11)14(19)10-18-15(20)12-6-2-3-7-13(12)16(18)21/h2-5,8,12-13H,6-7,9-10H2,1H3/t12-,13-/m0/s1. The summed E-state index contributed by atoms with van der Waals surface area (Å²) in [5.74, 6) is -1.14. The van der Waals surface area contributed by atoms with Gasteiger partial charge in [-0.3, -0.25) is 19.3 Å². The van der Waals surface area contributed by atoms with Crippen LogP contribution in [-0.4, -0.2) is 41.1 Å². The van der Waals surface area contributed by atoms with Crippen LogP contribution in [0.1, 0.15) is 17.7 Å². The fourth-order valence-electron chi connectivity index (χ4n) is 3.01. The first-order valence-corrected chi connectivity index (χ1v) is 8.22. The van der Waals surface area contributed by atoms with E-state index in [1.54, 1.807) is 23.3 Å². The zero-order valence-corrected chi connectivity index (χ0v) is 13.2. The van der Waals surface area contributed by atoms with Crippen molar-refractivity contribution in [3.63, 3.8) is 0 Å². The Kier molecular flexibility index (Phi) is 4.11. The van der Waals surface area contributed by atoms with Gasteiger partial charge in [-0.1, -0.05) is 18.2 Å². The molecule has 0 spiro atoms. The van der Waals surface area contributed by atoms with Crippen LogP contribution in [-0.2, 0) is 20.9 Å². The second-order valence-electron chi connectivity index (χ2n) is 5.75. The third kappa shape index (κ3) is 2.70. The van der Waals surface area contributed by atoms with Crippen LogP contribution in [0.5, 0.6) is 0 Å². The van der Waals surface area contributed by atoms with E-state index in [0.29, 0.717) is 19.4 Å². The lowest BCUT2D eigenvalue weighted by atomic mass is 9.85. The Balaban J connectivity index is 1.64. The van der Waals surface area contributed by atoms with Gasteiger partial charge in [0.1, 0.15) is 6.54 Å². The van der Waals surface area contributed by atoms with Gasteiger partial charge in [0.25, 0.3) is 0 Å². The van der Waals surface area contributed by atoms with Crippen molar-refractivity contribution in [2.75, 3.05) is 13.6 Å². The molecule has 0 unspecified atom stereocenters. The second-order valence-corrected chi connectivity index (χ2v) is 6.78. The number of carbonyl (C=O) groups is 3. The van der Waals surface area contributed by atoms with Crippen LogP contribution in [0, 0.1) is 11.8 Å². The molecule has 3 rings (SSSR count). The minimum atomic E-state index is -0.270. The SMILES string of the molecule is CN(Cc1cccs1)C(=O)CN1C(=O)[C@H]2CC=CC[C@@H]2C1=O. The van der Waals surface area contributed by atoms with Gasteiger partial charge in [0.15, 0.2) is 0 Å². The molecule has 0 N–H and O–H groups in total. The predicted octanol–water partition coefficient (Wildman–Crippen LogP) is 1.66. The number of rotatable bonds is 4. The van der Waals surface area contributed by atoms with E-state index in [1.807, 2.05) is 29.7 Å². The molecule has 5 nitrogen and oxygen atoms in total. The number of carbonyl (C=O) groups excluding carboxylic acids is 3. The van der Waals surface area contributed by atoms with Gasteiger partial charge in [-0.05, 0) is 24.3 Å². The predicted molar refractivity (Wildman–Crippen MR) is 82.9 cm³/mol. The number of likely N-dealkylation sites (N-methyl/N-ethyl adjacent to an activating group) is 1. The molecule has 1 aliphatic carbocycles. The molecular weight excluding hydrogens is 300 g/mol. The summed E-state index contributed by atoms with van der Waals surface area (Å²) in [6, 6.07) is 3.89. The molecule has 0 aromatic carbocycles. The average molecular weight is 318 g/mol. The first-order valence-electron chi connectivity index (χ1n) is 7.34. The van der Waals surface area contributed by atoms with Gasteiger partial charge in [-0.25, -0.2) is 0 Å². The molecule has 1 aromatic heterocycles. The smallest absolute Gasteiger partial charge is 0.242 e. The van der Waals surface area contributed by atoms with Crippen LogP contribution in [0.25, 0.3) is 0 Å². The number of fused-ring (bicyclic) bond motifs is 1. The number of likely N-dealkylation sites (tertiary alicyclic amines) is 1. The number of hydrogen-bond acceptors (Lipinski definition) is 4. The maximum Gasteiger partial charge on any atom is 0.242 e. The summed E-state index contributed by atoms with van der Waals surface area (Å²) < 4.78 is 0. The van der Waals surface area contributed by atoms with Crippen molar-refractivity contribution in [1.29, 1.82) is 0 Å². The second kappa shape index (κ2) is 6.04. The summed E-state index contributed by atoms with van der Waals surface area (Å²) in [6.07, 6.45) is 5.09. The molecule has 2 atom stereocenters. The number of nitrogens with zero attached hydrogens (tertiary/aromatic N) is 2. The monoisotopic (exact) mass is 318 g/mol. The van der Waals surface area contributed by atoms with Gasteiger partial charge in [-0.15, -0.1) is 11.3 Å². The van der Waals surface area contributed by atoms with Crippen molar-refractivity contribution < 1.29 is 14.4 Å². The van der Waals surface area contributed by atoms with Crippen LogP contribution >= 0.6 is 11.3 Å². The fourth-order valence-corrected chi connectivity index (χ4v) is 3.76. The van der Waals surface area contributed by atoms with Crippen molar-refractivity contribution in [3.05, 3.63) is 34.5 Å². The van der Waals surface area contributed by atoms with Crippen molar-refractivity contribution in [2.45, 2.75) is 19.4 Å². The van der Waals surface area contributed by atoms with E-state index in [0.717, 1.165) is 9.78 Å². The van der Waals surface area contributed by atoms with Crippen LogP contribution in [0.4, 0.5) is 0 Å². The van der Waals surface area contributed by atoms with Crippen LogP contribution < -0.4 is 0 Å². The van der Waals surface area contributed by atoms with Crippen molar-refractivity contribution in [1.82, 2.24) is 9.80 Å². The molecule has 1 aromatic rings. The lowest BCUT2D eigenvalue weighted by molar-refractivity contribution is -0.146. The molecule has 2 heterocycles. The highest BCUT2D eigenvalue weighted by Crippen LogP contribution is 2.34. The van der Waals surface area contributed by atoms with Crippen molar-refractivity contribution >= 4 is 29.1 Å². The highest BCUT2D eigenvalue weighted by molar-refractivity contribution is 7.09. The Labute approximate surface area is 133 Å². The first kappa shape index (κ1) is 15.0. The van der Waals surface area contributed by atoms with Crippen molar-refractivity contribution in [3.8, 4) is 0 Å². The zero-order chi connectivity index (χ0) is 15.7. The summed E-state index contributed by atoms with van der Waals surface area (Å²) >= 11 is 1.58. The van der Waals surface area contributed by atoms with Gasteiger partial charge in [0.2, 0.25) is 17.7 Å². The van der Waals surface area contributed by atoms with E-state index in [1.165, 1.54) is 0 Å². The molecule has 0 saturated carbocycles. The molecule has 22 heavy (non-hydrogen) atoms. The molecule has 6 heteroatoms. The Hall–Kier alpha value is -1.95. The highest BCUT2D eigenvalue weighted by Gasteiger charge is 2.47. The summed E-state index contributed by atoms with van der Waals surface area (Å²) in [5, 5.41) is 1.96. The normalized spacial score (nSPS) is 23.8. The minimum absolute atomic E-state index is 0.146. The topological polar surface area (TPSA) is 57.7 Å². The molecule has 116 valence electrons. The molecular formula is C16H18N2O3S. The van der Waals surface area contributed by atoms with Crippen LogP contribution in [0.2, 0.25) is 0 Å². The molecule has 2 aliphatic rings.